The van der Waals surface area contributed by atoms with Crippen molar-refractivity contribution >= 4 is 17.9 Å². The molecule has 0 aromatic heterocycles. The zero-order chi connectivity index (χ0) is 26.8. The second-order valence-corrected chi connectivity index (χ2v) is 10.6. The number of rotatable bonds is 12. The maximum Gasteiger partial charge on any atom is 0.408 e. The van der Waals surface area contributed by atoms with Crippen LogP contribution in [0.1, 0.15) is 103 Å². The number of ether oxygens (including phenoxy) is 1. The second kappa shape index (κ2) is 14.1. The SMILES string of the molecule is CCCCCN(C(=O)C(C)NC(=O)OC(C)(C)C)C(C(=O)NC(C)CCC)c1cc(C)ccc1C. The molecule has 0 heterocycles. The fourth-order valence-corrected chi connectivity index (χ4v) is 4.03. The summed E-state index contributed by atoms with van der Waals surface area (Å²) in [5, 5.41) is 5.77. The van der Waals surface area contributed by atoms with Gasteiger partial charge in [0.15, 0.2) is 0 Å². The van der Waals surface area contributed by atoms with Crippen LogP contribution in [0.4, 0.5) is 4.79 Å². The van der Waals surface area contributed by atoms with Gasteiger partial charge in [-0.3, -0.25) is 9.59 Å². The standard InChI is InChI=1S/C28H47N3O4/c1-10-12-13-17-31(26(33)22(6)30-27(34)35-28(7,8)9)24(25(32)29-21(5)14-11-2)23-18-19(3)15-16-20(23)4/h15-16,18,21-22,24H,10-14,17H2,1-9H3,(H,29,32)(H,30,34). The predicted molar refractivity (Wildman–Crippen MR) is 141 cm³/mol. The molecule has 7 nitrogen and oxygen atoms in total. The Balaban J connectivity index is 3.40. The third-order valence-electron chi connectivity index (χ3n) is 5.79. The molecule has 0 radical (unpaired) electrons. The Morgan fingerprint density at radius 2 is 1.66 bits per heavy atom. The summed E-state index contributed by atoms with van der Waals surface area (Å²) in [5.41, 5.74) is 2.09. The van der Waals surface area contributed by atoms with Crippen molar-refractivity contribution < 1.29 is 19.1 Å². The summed E-state index contributed by atoms with van der Waals surface area (Å²) in [4.78, 5) is 41.4. The van der Waals surface area contributed by atoms with Crippen LogP contribution in [0.2, 0.25) is 0 Å². The molecule has 1 aromatic rings. The van der Waals surface area contributed by atoms with Crippen molar-refractivity contribution in [3.05, 3.63) is 34.9 Å². The molecule has 3 amide bonds. The van der Waals surface area contributed by atoms with Gasteiger partial charge in [-0.25, -0.2) is 4.79 Å². The molecule has 0 aliphatic rings. The van der Waals surface area contributed by atoms with Gasteiger partial charge < -0.3 is 20.3 Å². The van der Waals surface area contributed by atoms with Gasteiger partial charge in [-0.05, 0) is 72.4 Å². The lowest BCUT2D eigenvalue weighted by atomic mass is 9.95. The molecule has 2 N–H and O–H groups in total. The lowest BCUT2D eigenvalue weighted by Gasteiger charge is -2.35. The first-order chi connectivity index (χ1) is 16.3. The average molecular weight is 490 g/mol. The molecular formula is C28H47N3O4. The van der Waals surface area contributed by atoms with E-state index in [4.69, 9.17) is 4.74 Å². The van der Waals surface area contributed by atoms with E-state index >= 15 is 0 Å². The molecule has 3 atom stereocenters. The highest BCUT2D eigenvalue weighted by Gasteiger charge is 2.35. The lowest BCUT2D eigenvalue weighted by Crippen LogP contribution is -2.53. The highest BCUT2D eigenvalue weighted by Crippen LogP contribution is 2.27. The van der Waals surface area contributed by atoms with Crippen LogP contribution in [0.25, 0.3) is 0 Å². The van der Waals surface area contributed by atoms with Crippen molar-refractivity contribution in [2.24, 2.45) is 0 Å². The smallest absolute Gasteiger partial charge is 0.408 e. The second-order valence-electron chi connectivity index (χ2n) is 10.6. The van der Waals surface area contributed by atoms with E-state index in [2.05, 4.69) is 24.5 Å². The van der Waals surface area contributed by atoms with Crippen LogP contribution in [0.15, 0.2) is 18.2 Å². The highest BCUT2D eigenvalue weighted by molar-refractivity contribution is 5.92. The number of alkyl carbamates (subject to hydrolysis) is 1. The van der Waals surface area contributed by atoms with Crippen LogP contribution in [0.5, 0.6) is 0 Å². The molecule has 7 heteroatoms. The summed E-state index contributed by atoms with van der Waals surface area (Å²) in [7, 11) is 0. The third-order valence-corrected chi connectivity index (χ3v) is 5.79. The number of hydrogen-bond donors (Lipinski definition) is 2. The summed E-state index contributed by atoms with van der Waals surface area (Å²) in [6.45, 7) is 17.5. The van der Waals surface area contributed by atoms with E-state index in [9.17, 15) is 14.4 Å². The first-order valence-corrected chi connectivity index (χ1v) is 13.0. The average Bonchev–Trinajstić information content (AvgIpc) is 2.73. The number of carbonyl (C=O) groups excluding carboxylic acids is 3. The summed E-state index contributed by atoms with van der Waals surface area (Å²) < 4.78 is 5.34. The van der Waals surface area contributed by atoms with Gasteiger partial charge in [-0.15, -0.1) is 0 Å². The minimum atomic E-state index is -0.847. The van der Waals surface area contributed by atoms with Crippen molar-refractivity contribution in [3.8, 4) is 0 Å². The topological polar surface area (TPSA) is 87.7 Å². The van der Waals surface area contributed by atoms with Crippen LogP contribution >= 0.6 is 0 Å². The molecule has 0 bridgehead atoms. The Morgan fingerprint density at radius 1 is 1.00 bits per heavy atom. The van der Waals surface area contributed by atoms with Crippen LogP contribution in [0, 0.1) is 13.8 Å². The maximum absolute atomic E-state index is 13.7. The van der Waals surface area contributed by atoms with Crippen molar-refractivity contribution in [2.75, 3.05) is 6.54 Å². The van der Waals surface area contributed by atoms with Crippen molar-refractivity contribution in [1.82, 2.24) is 15.5 Å². The zero-order valence-corrected chi connectivity index (χ0v) is 23.3. The van der Waals surface area contributed by atoms with Crippen LogP contribution in [0.3, 0.4) is 0 Å². The van der Waals surface area contributed by atoms with E-state index in [-0.39, 0.29) is 17.9 Å². The van der Waals surface area contributed by atoms with Gasteiger partial charge in [0, 0.05) is 12.6 Å². The summed E-state index contributed by atoms with van der Waals surface area (Å²) in [6.07, 6.45) is 3.83. The van der Waals surface area contributed by atoms with E-state index in [0.29, 0.717) is 6.54 Å². The predicted octanol–water partition coefficient (Wildman–Crippen LogP) is 5.58. The Kier molecular flexibility index (Phi) is 12.3. The first kappa shape index (κ1) is 30.5. The van der Waals surface area contributed by atoms with Crippen LogP contribution in [-0.2, 0) is 14.3 Å². The van der Waals surface area contributed by atoms with E-state index in [1.807, 2.05) is 39.0 Å². The van der Waals surface area contributed by atoms with Crippen LogP contribution < -0.4 is 10.6 Å². The molecular weight excluding hydrogens is 442 g/mol. The van der Waals surface area contributed by atoms with Gasteiger partial charge in [0.1, 0.15) is 17.7 Å². The fraction of sp³-hybridized carbons (Fsp3) is 0.679. The fourth-order valence-electron chi connectivity index (χ4n) is 4.03. The summed E-state index contributed by atoms with van der Waals surface area (Å²) >= 11 is 0. The third kappa shape index (κ3) is 10.3. The molecule has 0 saturated heterocycles. The quantitative estimate of drug-likeness (QED) is 0.375. The van der Waals surface area contributed by atoms with Crippen molar-refractivity contribution in [2.45, 2.75) is 118 Å². The van der Waals surface area contributed by atoms with Gasteiger partial charge in [0.05, 0.1) is 0 Å². The molecule has 1 aromatic carbocycles. The Labute approximate surface area is 212 Å². The summed E-state index contributed by atoms with van der Waals surface area (Å²) in [6, 6.07) is 4.32. The minimum Gasteiger partial charge on any atom is -0.444 e. The summed E-state index contributed by atoms with van der Waals surface area (Å²) in [5.74, 6) is -0.509. The molecule has 0 aliphatic heterocycles. The monoisotopic (exact) mass is 489 g/mol. The number of carbonyl (C=O) groups is 3. The largest absolute Gasteiger partial charge is 0.444 e. The molecule has 1 rings (SSSR count). The van der Waals surface area contributed by atoms with Gasteiger partial charge in [0.2, 0.25) is 11.8 Å². The number of benzene rings is 1. The molecule has 0 spiro atoms. The molecule has 0 aliphatic carbocycles. The van der Waals surface area contributed by atoms with Gasteiger partial charge in [-0.1, -0.05) is 56.9 Å². The van der Waals surface area contributed by atoms with E-state index in [0.717, 1.165) is 48.8 Å². The van der Waals surface area contributed by atoms with Gasteiger partial charge in [-0.2, -0.15) is 0 Å². The van der Waals surface area contributed by atoms with Gasteiger partial charge >= 0.3 is 6.09 Å². The van der Waals surface area contributed by atoms with E-state index < -0.39 is 23.8 Å². The number of unbranched alkanes of at least 4 members (excludes halogenated alkanes) is 2. The van der Waals surface area contributed by atoms with Crippen LogP contribution in [-0.4, -0.2) is 47.0 Å². The molecule has 0 fully saturated rings. The number of amides is 3. The molecule has 3 unspecified atom stereocenters. The lowest BCUT2D eigenvalue weighted by molar-refractivity contribution is -0.142. The molecule has 198 valence electrons. The van der Waals surface area contributed by atoms with E-state index in [1.165, 1.54) is 0 Å². The normalized spacial score (nSPS) is 14.0. The maximum atomic E-state index is 13.7. The van der Waals surface area contributed by atoms with Gasteiger partial charge in [0.25, 0.3) is 0 Å². The Bertz CT molecular complexity index is 847. The van der Waals surface area contributed by atoms with Crippen molar-refractivity contribution in [1.29, 1.82) is 0 Å². The first-order valence-electron chi connectivity index (χ1n) is 13.0. The Morgan fingerprint density at radius 3 is 2.23 bits per heavy atom. The number of aryl methyl sites for hydroxylation is 2. The molecule has 35 heavy (non-hydrogen) atoms. The Hall–Kier alpha value is -2.57. The highest BCUT2D eigenvalue weighted by atomic mass is 16.6. The minimum absolute atomic E-state index is 0.00924. The number of nitrogens with one attached hydrogen (secondary N) is 2. The number of nitrogens with zero attached hydrogens (tertiary/aromatic N) is 1. The van der Waals surface area contributed by atoms with E-state index in [1.54, 1.807) is 32.6 Å². The zero-order valence-electron chi connectivity index (χ0n) is 23.3. The van der Waals surface area contributed by atoms with Crippen molar-refractivity contribution in [3.63, 3.8) is 0 Å². The number of hydrogen-bond acceptors (Lipinski definition) is 4. The molecule has 0 saturated carbocycles.